The molecular weight excluding hydrogens is 488 g/mol. The minimum Gasteiger partial charge on any atom is -0.465 e. The van der Waals surface area contributed by atoms with Crippen LogP contribution in [0, 0.1) is 11.8 Å². The second kappa shape index (κ2) is 11.9. The van der Waals surface area contributed by atoms with Crippen LogP contribution >= 0.6 is 11.8 Å². The average Bonchev–Trinajstić information content (AvgIpc) is 3.46. The van der Waals surface area contributed by atoms with E-state index in [4.69, 9.17) is 4.74 Å². The minimum atomic E-state index is -0.640. The van der Waals surface area contributed by atoms with E-state index in [1.54, 1.807) is 22.7 Å². The van der Waals surface area contributed by atoms with Crippen LogP contribution in [0.4, 0.5) is 0 Å². The van der Waals surface area contributed by atoms with Gasteiger partial charge in [-0.05, 0) is 58.3 Å². The number of nitrogens with zero attached hydrogens (tertiary/aromatic N) is 2. The molecule has 2 amide bonds. The van der Waals surface area contributed by atoms with E-state index in [9.17, 15) is 19.5 Å². The van der Waals surface area contributed by atoms with Crippen molar-refractivity contribution in [1.82, 2.24) is 9.80 Å². The third-order valence-corrected chi connectivity index (χ3v) is 11.0. The summed E-state index contributed by atoms with van der Waals surface area (Å²) in [7, 11) is 0. The van der Waals surface area contributed by atoms with Gasteiger partial charge in [0.2, 0.25) is 11.8 Å². The predicted octanol–water partition coefficient (Wildman–Crippen LogP) is 4.10. The van der Waals surface area contributed by atoms with E-state index in [0.717, 1.165) is 57.8 Å². The van der Waals surface area contributed by atoms with Gasteiger partial charge in [-0.15, -0.1) is 24.9 Å². The Hall–Kier alpha value is -1.80. The normalized spacial score (nSPS) is 32.9. The van der Waals surface area contributed by atoms with Crippen LogP contribution in [-0.2, 0) is 19.1 Å². The summed E-state index contributed by atoms with van der Waals surface area (Å²) >= 11 is 1.68. The van der Waals surface area contributed by atoms with Crippen molar-refractivity contribution in [2.24, 2.45) is 11.8 Å². The molecule has 0 aromatic rings. The standard InChI is InChI=1S/C29H44N2O5S/c1-4-6-7-11-20-36-27(35)23-22-25(33)31(18-12-19-32)24(29(22)16-15-28(23,3)37-29)26(34)30(17-5-2)21-13-9-8-10-14-21/h4-5,21-24,32H,1-2,6-20H2,3H3/t22-,23+,24?,28-,29?/m0/s1. The Bertz CT molecular complexity index is 890. The summed E-state index contributed by atoms with van der Waals surface area (Å²) in [5, 5.41) is 9.58. The lowest BCUT2D eigenvalue weighted by molar-refractivity contribution is -0.155. The molecule has 4 aliphatic rings. The van der Waals surface area contributed by atoms with E-state index in [1.165, 1.54) is 6.42 Å². The zero-order valence-corrected chi connectivity index (χ0v) is 23.2. The SMILES string of the molecule is C=CCCCCOC(=O)[C@H]1[C@H]2C(=O)N(CCCO)C(C(=O)N(CC=C)C3CCCCC3)C23CC[C@]1(C)S3. The monoisotopic (exact) mass is 532 g/mol. The Morgan fingerprint density at radius 1 is 1.16 bits per heavy atom. The highest BCUT2D eigenvalue weighted by Crippen LogP contribution is 2.71. The van der Waals surface area contributed by atoms with E-state index in [0.29, 0.717) is 26.1 Å². The third kappa shape index (κ3) is 5.12. The van der Waals surface area contributed by atoms with Crippen LogP contribution in [0.15, 0.2) is 25.3 Å². The summed E-state index contributed by atoms with van der Waals surface area (Å²) in [6, 6.07) is -0.476. The van der Waals surface area contributed by atoms with Crippen LogP contribution in [0.2, 0.25) is 0 Å². The van der Waals surface area contributed by atoms with Gasteiger partial charge in [0.1, 0.15) is 6.04 Å². The van der Waals surface area contributed by atoms with E-state index >= 15 is 0 Å². The van der Waals surface area contributed by atoms with Crippen molar-refractivity contribution in [2.75, 3.05) is 26.3 Å². The number of carbonyl (C=O) groups excluding carboxylic acids is 3. The Morgan fingerprint density at radius 3 is 2.59 bits per heavy atom. The lowest BCUT2D eigenvalue weighted by Gasteiger charge is -2.41. The number of aliphatic hydroxyl groups excluding tert-OH is 1. The van der Waals surface area contributed by atoms with Crippen LogP contribution in [0.25, 0.3) is 0 Å². The van der Waals surface area contributed by atoms with Crippen LogP contribution in [0.5, 0.6) is 0 Å². The maximum atomic E-state index is 14.4. The van der Waals surface area contributed by atoms with Crippen LogP contribution in [-0.4, -0.2) is 80.6 Å². The van der Waals surface area contributed by atoms with Gasteiger partial charge >= 0.3 is 5.97 Å². The molecule has 0 aromatic heterocycles. The number of allylic oxidation sites excluding steroid dienone is 1. The first-order valence-electron chi connectivity index (χ1n) is 14.1. The molecular formula is C29H44N2O5S. The molecule has 1 aliphatic carbocycles. The van der Waals surface area contributed by atoms with Crippen molar-refractivity contribution < 1.29 is 24.2 Å². The molecule has 1 N–H and O–H groups in total. The van der Waals surface area contributed by atoms with Crippen LogP contribution < -0.4 is 0 Å². The van der Waals surface area contributed by atoms with Gasteiger partial charge in [-0.2, -0.15) is 0 Å². The molecule has 1 saturated carbocycles. The third-order valence-electron chi connectivity index (χ3n) is 8.99. The highest BCUT2D eigenvalue weighted by Gasteiger charge is 2.77. The Balaban J connectivity index is 1.63. The number of amides is 2. The van der Waals surface area contributed by atoms with Crippen molar-refractivity contribution in [3.63, 3.8) is 0 Å². The molecule has 0 radical (unpaired) electrons. The van der Waals surface area contributed by atoms with Gasteiger partial charge in [0.25, 0.3) is 0 Å². The summed E-state index contributed by atoms with van der Waals surface area (Å²) in [5.41, 5.74) is 0. The van der Waals surface area contributed by atoms with Crippen molar-refractivity contribution in [3.05, 3.63) is 25.3 Å². The molecule has 3 saturated heterocycles. The lowest BCUT2D eigenvalue weighted by Crippen LogP contribution is -2.57. The summed E-state index contributed by atoms with van der Waals surface area (Å²) < 4.78 is 4.67. The topological polar surface area (TPSA) is 87.1 Å². The maximum Gasteiger partial charge on any atom is 0.311 e. The molecule has 4 rings (SSSR count). The van der Waals surface area contributed by atoms with Crippen molar-refractivity contribution in [1.29, 1.82) is 0 Å². The van der Waals surface area contributed by atoms with Crippen molar-refractivity contribution >= 4 is 29.5 Å². The molecule has 8 heteroatoms. The first-order chi connectivity index (χ1) is 17.8. The molecule has 4 fully saturated rings. The average molecular weight is 533 g/mol. The van der Waals surface area contributed by atoms with Crippen molar-refractivity contribution in [3.8, 4) is 0 Å². The minimum absolute atomic E-state index is 0.0178. The van der Waals surface area contributed by atoms with Crippen LogP contribution in [0.3, 0.4) is 0 Å². The molecule has 2 unspecified atom stereocenters. The number of carbonyl (C=O) groups is 3. The quantitative estimate of drug-likeness (QED) is 0.218. The summed E-state index contributed by atoms with van der Waals surface area (Å²) in [6.45, 7) is 10.8. The number of unbranched alkanes of at least 4 members (excludes halogenated alkanes) is 2. The second-order valence-corrected chi connectivity index (χ2v) is 13.3. The van der Waals surface area contributed by atoms with Crippen LogP contribution in [0.1, 0.15) is 77.6 Å². The molecule has 3 heterocycles. The summed E-state index contributed by atoms with van der Waals surface area (Å²) in [5.74, 6) is -1.58. The van der Waals surface area contributed by atoms with Gasteiger partial charge in [-0.3, -0.25) is 14.4 Å². The highest BCUT2D eigenvalue weighted by molar-refractivity contribution is 8.02. The zero-order chi connectivity index (χ0) is 26.6. The number of likely N-dealkylation sites (tertiary alicyclic amines) is 1. The van der Waals surface area contributed by atoms with Gasteiger partial charge < -0.3 is 19.6 Å². The fourth-order valence-corrected chi connectivity index (χ4v) is 9.64. The maximum absolute atomic E-state index is 14.4. The molecule has 37 heavy (non-hydrogen) atoms. The van der Waals surface area contributed by atoms with E-state index in [2.05, 4.69) is 20.1 Å². The largest absolute Gasteiger partial charge is 0.465 e. The predicted molar refractivity (Wildman–Crippen MR) is 146 cm³/mol. The smallest absolute Gasteiger partial charge is 0.311 e. The zero-order valence-electron chi connectivity index (χ0n) is 22.4. The number of fused-ring (bicyclic) bond motifs is 1. The summed E-state index contributed by atoms with van der Waals surface area (Å²) in [4.78, 5) is 45.6. The number of hydrogen-bond donors (Lipinski definition) is 1. The molecule has 7 nitrogen and oxygen atoms in total. The number of aliphatic hydroxyl groups is 1. The first-order valence-corrected chi connectivity index (χ1v) is 15.0. The van der Waals surface area contributed by atoms with E-state index in [-0.39, 0.29) is 30.4 Å². The second-order valence-electron chi connectivity index (χ2n) is 11.4. The Labute approximate surface area is 226 Å². The number of esters is 1. The number of ether oxygens (including phenoxy) is 1. The summed E-state index contributed by atoms with van der Waals surface area (Å²) in [6.07, 6.45) is 13.4. The van der Waals surface area contributed by atoms with E-state index in [1.807, 2.05) is 11.0 Å². The highest BCUT2D eigenvalue weighted by atomic mass is 32.2. The molecule has 2 bridgehead atoms. The molecule has 0 aromatic carbocycles. The van der Waals surface area contributed by atoms with Crippen molar-refractivity contribution in [2.45, 2.75) is 99.1 Å². The van der Waals surface area contributed by atoms with Gasteiger partial charge in [-0.1, -0.05) is 31.4 Å². The fourth-order valence-electron chi connectivity index (χ4n) is 7.31. The number of hydrogen-bond acceptors (Lipinski definition) is 6. The number of rotatable bonds is 13. The number of thioether (sulfide) groups is 1. The van der Waals surface area contributed by atoms with Gasteiger partial charge in [0.05, 0.1) is 23.2 Å². The Kier molecular flexibility index (Phi) is 9.10. The molecule has 1 spiro atoms. The Morgan fingerprint density at radius 2 is 1.92 bits per heavy atom. The van der Waals surface area contributed by atoms with Gasteiger partial charge in [0, 0.05) is 30.5 Å². The van der Waals surface area contributed by atoms with Gasteiger partial charge in [-0.25, -0.2) is 0 Å². The molecule has 206 valence electrons. The molecule has 5 atom stereocenters. The lowest BCUT2D eigenvalue weighted by atomic mass is 9.66. The van der Waals surface area contributed by atoms with E-state index < -0.39 is 27.4 Å². The fraction of sp³-hybridized carbons (Fsp3) is 0.759. The first kappa shape index (κ1) is 28.2. The van der Waals surface area contributed by atoms with Gasteiger partial charge in [0.15, 0.2) is 0 Å². The molecule has 3 aliphatic heterocycles.